The molecule has 2 N–H and O–H groups in total. The van der Waals surface area contributed by atoms with Gasteiger partial charge in [-0.25, -0.2) is 9.77 Å². The summed E-state index contributed by atoms with van der Waals surface area (Å²) in [5, 5.41) is 7.14. The van der Waals surface area contributed by atoms with Gasteiger partial charge in [-0.05, 0) is 42.0 Å². The van der Waals surface area contributed by atoms with Crippen LogP contribution in [0.15, 0.2) is 48.5 Å². The highest BCUT2D eigenvalue weighted by molar-refractivity contribution is 7.71. The Morgan fingerprint density at radius 3 is 2.75 bits per heavy atom. The highest BCUT2D eigenvalue weighted by Crippen LogP contribution is 2.27. The normalized spacial score (nSPS) is 10.4. The third-order valence-electron chi connectivity index (χ3n) is 3.60. The van der Waals surface area contributed by atoms with Gasteiger partial charge in [-0.2, -0.15) is 5.10 Å². The molecule has 1 aromatic heterocycles. The zero-order valence-electron chi connectivity index (χ0n) is 13.4. The van der Waals surface area contributed by atoms with Crippen LogP contribution in [0.1, 0.15) is 5.56 Å². The number of methoxy groups -OCH3 is 2. The topological polar surface area (TPSA) is 64.1 Å². The first kappa shape index (κ1) is 16.1. The predicted octanol–water partition coefficient (Wildman–Crippen LogP) is 3.37. The number of para-hydroxylation sites is 1. The average Bonchev–Trinajstić information content (AvgIpc) is 3.00. The summed E-state index contributed by atoms with van der Waals surface area (Å²) in [5.74, 6) is 2.21. The Balaban J connectivity index is 1.89. The Morgan fingerprint density at radius 1 is 1.12 bits per heavy atom. The second-order valence-corrected chi connectivity index (χ2v) is 5.46. The van der Waals surface area contributed by atoms with Gasteiger partial charge in [0.1, 0.15) is 11.5 Å². The van der Waals surface area contributed by atoms with Crippen molar-refractivity contribution >= 4 is 12.2 Å². The lowest BCUT2D eigenvalue weighted by atomic mass is 10.2. The van der Waals surface area contributed by atoms with Crippen molar-refractivity contribution in [2.75, 3.05) is 19.6 Å². The van der Waals surface area contributed by atoms with E-state index in [0.29, 0.717) is 17.1 Å². The van der Waals surface area contributed by atoms with Gasteiger partial charge in [-0.1, -0.05) is 24.3 Å². The van der Waals surface area contributed by atoms with Gasteiger partial charge in [0.05, 0.1) is 26.3 Å². The number of rotatable bonds is 6. The lowest BCUT2D eigenvalue weighted by Gasteiger charge is -2.12. The van der Waals surface area contributed by atoms with Crippen LogP contribution in [0.3, 0.4) is 0 Å². The second kappa shape index (κ2) is 7.18. The summed E-state index contributed by atoms with van der Waals surface area (Å²) >= 11 is 5.33. The van der Waals surface area contributed by atoms with Crippen molar-refractivity contribution in [3.05, 3.63) is 58.9 Å². The zero-order valence-corrected chi connectivity index (χ0v) is 14.3. The molecule has 0 aliphatic carbocycles. The highest BCUT2D eigenvalue weighted by Gasteiger charge is 2.13. The summed E-state index contributed by atoms with van der Waals surface area (Å²) in [4.78, 5) is 0. The van der Waals surface area contributed by atoms with Crippen LogP contribution in [0.5, 0.6) is 11.5 Å². The van der Waals surface area contributed by atoms with E-state index in [1.54, 1.807) is 18.9 Å². The number of benzene rings is 2. The van der Waals surface area contributed by atoms with Crippen molar-refractivity contribution < 1.29 is 9.47 Å². The number of aromatic amines is 1. The summed E-state index contributed by atoms with van der Waals surface area (Å²) in [6, 6.07) is 15.5. The predicted molar refractivity (Wildman–Crippen MR) is 95.5 cm³/mol. The van der Waals surface area contributed by atoms with Crippen LogP contribution in [0, 0.1) is 4.77 Å². The van der Waals surface area contributed by atoms with Crippen LogP contribution >= 0.6 is 12.2 Å². The van der Waals surface area contributed by atoms with E-state index < -0.39 is 0 Å². The van der Waals surface area contributed by atoms with Crippen LogP contribution in [0.4, 0.5) is 0 Å². The monoisotopic (exact) mass is 342 g/mol. The lowest BCUT2D eigenvalue weighted by Crippen LogP contribution is -2.16. The van der Waals surface area contributed by atoms with Gasteiger partial charge in [0, 0.05) is 0 Å². The largest absolute Gasteiger partial charge is 0.497 e. The summed E-state index contributed by atoms with van der Waals surface area (Å²) in [6.07, 6.45) is 0. The van der Waals surface area contributed by atoms with E-state index in [0.717, 1.165) is 22.6 Å². The van der Waals surface area contributed by atoms with Crippen molar-refractivity contribution in [1.29, 1.82) is 0 Å². The fourth-order valence-corrected chi connectivity index (χ4v) is 2.60. The van der Waals surface area contributed by atoms with Gasteiger partial charge >= 0.3 is 0 Å². The Labute approximate surface area is 145 Å². The molecule has 1 heterocycles. The molecule has 0 aliphatic heterocycles. The fourth-order valence-electron chi connectivity index (χ4n) is 2.41. The van der Waals surface area contributed by atoms with Gasteiger partial charge in [0.2, 0.25) is 4.77 Å². The van der Waals surface area contributed by atoms with Crippen LogP contribution in [-0.4, -0.2) is 29.1 Å². The summed E-state index contributed by atoms with van der Waals surface area (Å²) < 4.78 is 12.9. The maximum Gasteiger partial charge on any atom is 0.214 e. The van der Waals surface area contributed by atoms with Gasteiger partial charge in [-0.15, -0.1) is 0 Å². The lowest BCUT2D eigenvalue weighted by molar-refractivity contribution is 0.414. The fraction of sp³-hybridized carbons (Fsp3) is 0.176. The number of ether oxygens (including phenoxy) is 2. The summed E-state index contributed by atoms with van der Waals surface area (Å²) in [5.41, 5.74) is 5.21. The molecule has 7 heteroatoms. The number of hydrogen-bond acceptors (Lipinski definition) is 5. The van der Waals surface area contributed by atoms with Crippen molar-refractivity contribution in [1.82, 2.24) is 14.9 Å². The van der Waals surface area contributed by atoms with E-state index >= 15 is 0 Å². The minimum atomic E-state index is 0.485. The van der Waals surface area contributed by atoms with Crippen LogP contribution in [0.2, 0.25) is 0 Å². The maximum absolute atomic E-state index is 5.41. The van der Waals surface area contributed by atoms with Crippen molar-refractivity contribution in [2.24, 2.45) is 0 Å². The van der Waals surface area contributed by atoms with Gasteiger partial charge in [0.25, 0.3) is 0 Å². The van der Waals surface area contributed by atoms with Crippen molar-refractivity contribution in [3.63, 3.8) is 0 Å². The molecule has 0 atom stereocenters. The second-order valence-electron chi connectivity index (χ2n) is 5.07. The quantitative estimate of drug-likeness (QED) is 0.673. The van der Waals surface area contributed by atoms with Crippen LogP contribution in [-0.2, 0) is 6.54 Å². The van der Waals surface area contributed by atoms with Crippen LogP contribution in [0.25, 0.3) is 11.4 Å². The van der Waals surface area contributed by atoms with E-state index in [1.165, 1.54) is 0 Å². The molecular weight excluding hydrogens is 324 g/mol. The molecule has 0 radical (unpaired) electrons. The maximum atomic E-state index is 5.41. The molecule has 0 amide bonds. The molecule has 6 nitrogen and oxygen atoms in total. The van der Waals surface area contributed by atoms with E-state index in [4.69, 9.17) is 21.7 Å². The molecule has 0 unspecified atom stereocenters. The van der Waals surface area contributed by atoms with E-state index in [-0.39, 0.29) is 0 Å². The standard InChI is InChI=1S/C17H18N4O2S/c1-22-13-7-5-6-12(10-13)11-18-21-16(19-20-17(21)24)14-8-3-4-9-15(14)23-2/h3-10,18H,11H2,1-2H3,(H,20,24). The zero-order chi connectivity index (χ0) is 16.9. The molecule has 0 fully saturated rings. The minimum Gasteiger partial charge on any atom is -0.497 e. The molecular formula is C17H18N4O2S. The number of hydrogen-bond donors (Lipinski definition) is 2. The van der Waals surface area contributed by atoms with Gasteiger partial charge in [0.15, 0.2) is 5.82 Å². The number of H-pyrrole nitrogens is 1. The van der Waals surface area contributed by atoms with Crippen LogP contribution < -0.4 is 14.9 Å². The molecule has 0 bridgehead atoms. The smallest absolute Gasteiger partial charge is 0.214 e. The molecule has 2 aromatic carbocycles. The first-order chi connectivity index (χ1) is 11.7. The van der Waals surface area contributed by atoms with Gasteiger partial charge < -0.3 is 14.9 Å². The molecule has 3 rings (SSSR count). The highest BCUT2D eigenvalue weighted by atomic mass is 32.1. The number of nitrogens with one attached hydrogen (secondary N) is 2. The Morgan fingerprint density at radius 2 is 1.96 bits per heavy atom. The summed E-state index contributed by atoms with van der Waals surface area (Å²) in [7, 11) is 3.28. The first-order valence-electron chi connectivity index (χ1n) is 7.40. The summed E-state index contributed by atoms with van der Waals surface area (Å²) in [6.45, 7) is 0.577. The van der Waals surface area contributed by atoms with Crippen molar-refractivity contribution in [3.8, 4) is 22.9 Å². The third kappa shape index (κ3) is 3.26. The first-order valence-corrected chi connectivity index (χ1v) is 7.81. The average molecular weight is 342 g/mol. The Kier molecular flexibility index (Phi) is 4.81. The van der Waals surface area contributed by atoms with Gasteiger partial charge in [-0.3, -0.25) is 0 Å². The third-order valence-corrected chi connectivity index (χ3v) is 3.87. The number of nitrogens with zero attached hydrogens (tertiary/aromatic N) is 2. The molecule has 124 valence electrons. The molecule has 24 heavy (non-hydrogen) atoms. The minimum absolute atomic E-state index is 0.485. The van der Waals surface area contributed by atoms with E-state index in [9.17, 15) is 0 Å². The van der Waals surface area contributed by atoms with E-state index in [1.807, 2.05) is 48.5 Å². The molecule has 3 aromatic rings. The number of aromatic nitrogens is 3. The molecule has 0 saturated heterocycles. The SMILES string of the molecule is COc1cccc(CNn2c(-c3ccccc3OC)n[nH]c2=S)c1. The molecule has 0 aliphatic rings. The molecule has 0 spiro atoms. The Bertz CT molecular complexity index is 888. The van der Waals surface area contributed by atoms with E-state index in [2.05, 4.69) is 15.6 Å². The van der Waals surface area contributed by atoms with Crippen molar-refractivity contribution in [2.45, 2.75) is 6.54 Å². The Hall–Kier alpha value is -2.80. The molecule has 0 saturated carbocycles.